The van der Waals surface area contributed by atoms with Crippen LogP contribution in [0.1, 0.15) is 13.3 Å². The number of amides is 1. The van der Waals surface area contributed by atoms with Gasteiger partial charge >= 0.3 is 0 Å². The summed E-state index contributed by atoms with van der Waals surface area (Å²) in [5, 5.41) is 9.08. The van der Waals surface area contributed by atoms with Crippen molar-refractivity contribution in [3.05, 3.63) is 24.3 Å². The van der Waals surface area contributed by atoms with Crippen LogP contribution in [0.2, 0.25) is 0 Å². The topological polar surface area (TPSA) is 84.0 Å². The van der Waals surface area contributed by atoms with Crippen LogP contribution in [0.4, 0.5) is 5.69 Å². The Bertz CT molecular complexity index is 512. The molecule has 1 aromatic rings. The van der Waals surface area contributed by atoms with Crippen LogP contribution in [-0.2, 0) is 9.53 Å². The van der Waals surface area contributed by atoms with Gasteiger partial charge in [0.2, 0.25) is 5.91 Å². The minimum Gasteiger partial charge on any atom is -0.492 e. The fraction of sp³-hybridized carbons (Fsp3) is 0.500. The van der Waals surface area contributed by atoms with Crippen LogP contribution >= 0.6 is 24.0 Å². The molecule has 0 radical (unpaired) electrons. The smallest absolute Gasteiger partial charge is 0.221 e. The lowest BCUT2D eigenvalue weighted by molar-refractivity contribution is -0.114. The molecule has 0 saturated carbocycles. The van der Waals surface area contributed by atoms with Gasteiger partial charge in [0.1, 0.15) is 12.4 Å². The van der Waals surface area contributed by atoms with E-state index < -0.39 is 0 Å². The van der Waals surface area contributed by atoms with Crippen LogP contribution in [0.15, 0.2) is 29.3 Å². The van der Waals surface area contributed by atoms with Gasteiger partial charge in [-0.3, -0.25) is 9.79 Å². The maximum Gasteiger partial charge on any atom is 0.221 e. The van der Waals surface area contributed by atoms with Crippen molar-refractivity contribution in [1.82, 2.24) is 10.6 Å². The number of nitrogens with one attached hydrogen (secondary N) is 3. The zero-order valence-corrected chi connectivity index (χ0v) is 16.8. The SMILES string of the molecule is CN=C(NCCCOC)NCCOc1cccc(NC(C)=O)c1.I. The zero-order valence-electron chi connectivity index (χ0n) is 14.4. The van der Waals surface area contributed by atoms with E-state index in [2.05, 4.69) is 20.9 Å². The lowest BCUT2D eigenvalue weighted by atomic mass is 10.3. The molecule has 1 amide bonds. The van der Waals surface area contributed by atoms with E-state index in [0.717, 1.165) is 31.2 Å². The van der Waals surface area contributed by atoms with Crippen LogP contribution in [-0.4, -0.2) is 52.3 Å². The van der Waals surface area contributed by atoms with Crippen molar-refractivity contribution in [2.45, 2.75) is 13.3 Å². The summed E-state index contributed by atoms with van der Waals surface area (Å²) in [5.41, 5.74) is 0.721. The summed E-state index contributed by atoms with van der Waals surface area (Å²) in [6.45, 7) is 4.10. The summed E-state index contributed by atoms with van der Waals surface area (Å²) < 4.78 is 10.6. The standard InChI is InChI=1S/C16H26N4O3.HI/c1-13(21)20-14-6-4-7-15(12-14)23-11-9-19-16(17-2)18-8-5-10-22-3;/h4,6-7,12H,5,8-11H2,1-3H3,(H,20,21)(H2,17,18,19);1H. The molecule has 1 aromatic carbocycles. The van der Waals surface area contributed by atoms with Crippen LogP contribution in [0.5, 0.6) is 5.75 Å². The monoisotopic (exact) mass is 450 g/mol. The van der Waals surface area contributed by atoms with E-state index in [0.29, 0.717) is 18.9 Å². The molecule has 24 heavy (non-hydrogen) atoms. The molecular formula is C16H27IN4O3. The summed E-state index contributed by atoms with van der Waals surface area (Å²) >= 11 is 0. The Morgan fingerprint density at radius 2 is 1.96 bits per heavy atom. The van der Waals surface area contributed by atoms with Gasteiger partial charge in [0.15, 0.2) is 5.96 Å². The van der Waals surface area contributed by atoms with E-state index in [1.54, 1.807) is 20.2 Å². The summed E-state index contributed by atoms with van der Waals surface area (Å²) in [6, 6.07) is 7.30. The second-order valence-electron chi connectivity index (χ2n) is 4.83. The maximum atomic E-state index is 11.0. The molecule has 1 rings (SSSR count). The first kappa shape index (κ1) is 22.4. The van der Waals surface area contributed by atoms with Crippen molar-refractivity contribution < 1.29 is 14.3 Å². The molecule has 8 heteroatoms. The molecule has 0 spiro atoms. The predicted octanol–water partition coefficient (Wildman–Crippen LogP) is 1.84. The van der Waals surface area contributed by atoms with E-state index >= 15 is 0 Å². The number of nitrogens with zero attached hydrogens (tertiary/aromatic N) is 1. The highest BCUT2D eigenvalue weighted by atomic mass is 127. The van der Waals surface area contributed by atoms with Gasteiger partial charge in [-0.15, -0.1) is 24.0 Å². The highest BCUT2D eigenvalue weighted by Crippen LogP contribution is 2.16. The number of guanidine groups is 1. The van der Waals surface area contributed by atoms with Crippen molar-refractivity contribution >= 4 is 41.5 Å². The van der Waals surface area contributed by atoms with Gasteiger partial charge in [0.05, 0.1) is 6.54 Å². The number of benzene rings is 1. The van der Waals surface area contributed by atoms with Gasteiger partial charge in [0, 0.05) is 46.0 Å². The third-order valence-electron chi connectivity index (χ3n) is 2.86. The summed E-state index contributed by atoms with van der Waals surface area (Å²) in [7, 11) is 3.41. The van der Waals surface area contributed by atoms with Crippen molar-refractivity contribution in [2.75, 3.05) is 45.8 Å². The fourth-order valence-electron chi connectivity index (χ4n) is 1.85. The van der Waals surface area contributed by atoms with E-state index in [-0.39, 0.29) is 29.9 Å². The molecule has 7 nitrogen and oxygen atoms in total. The third kappa shape index (κ3) is 10.3. The minimum atomic E-state index is -0.104. The second-order valence-corrected chi connectivity index (χ2v) is 4.83. The lowest BCUT2D eigenvalue weighted by Gasteiger charge is -2.12. The van der Waals surface area contributed by atoms with Crippen molar-refractivity contribution in [3.63, 3.8) is 0 Å². The molecule has 0 aliphatic rings. The number of anilines is 1. The molecule has 0 aliphatic carbocycles. The van der Waals surface area contributed by atoms with E-state index in [1.165, 1.54) is 6.92 Å². The normalized spacial score (nSPS) is 10.5. The average molecular weight is 450 g/mol. The maximum absolute atomic E-state index is 11.0. The zero-order chi connectivity index (χ0) is 16.9. The molecule has 0 aromatic heterocycles. The Labute approximate surface area is 160 Å². The molecule has 0 heterocycles. The molecule has 0 saturated heterocycles. The van der Waals surface area contributed by atoms with Crippen LogP contribution in [0.3, 0.4) is 0 Å². The largest absolute Gasteiger partial charge is 0.492 e. The molecule has 0 bridgehead atoms. The average Bonchev–Trinajstić information content (AvgIpc) is 2.53. The third-order valence-corrected chi connectivity index (χ3v) is 2.86. The Hall–Kier alpha value is -1.55. The Balaban J connectivity index is 0.00000529. The second kappa shape index (κ2) is 13.8. The number of aliphatic imine (C=N–C) groups is 1. The summed E-state index contributed by atoms with van der Waals surface area (Å²) in [5.74, 6) is 1.34. The first-order chi connectivity index (χ1) is 11.2. The molecular weight excluding hydrogens is 423 g/mol. The number of hydrogen-bond acceptors (Lipinski definition) is 4. The molecule has 0 atom stereocenters. The molecule has 3 N–H and O–H groups in total. The number of carbonyl (C=O) groups is 1. The van der Waals surface area contributed by atoms with Gasteiger partial charge in [0.25, 0.3) is 0 Å². The fourth-order valence-corrected chi connectivity index (χ4v) is 1.85. The van der Waals surface area contributed by atoms with Crippen LogP contribution in [0.25, 0.3) is 0 Å². The molecule has 0 unspecified atom stereocenters. The number of ether oxygens (including phenoxy) is 2. The van der Waals surface area contributed by atoms with Crippen LogP contribution in [0, 0.1) is 0 Å². The van der Waals surface area contributed by atoms with E-state index in [9.17, 15) is 4.79 Å². The van der Waals surface area contributed by atoms with E-state index in [4.69, 9.17) is 9.47 Å². The number of rotatable bonds is 9. The number of halogens is 1. The van der Waals surface area contributed by atoms with E-state index in [1.807, 2.05) is 18.2 Å². The van der Waals surface area contributed by atoms with Gasteiger partial charge < -0.3 is 25.4 Å². The lowest BCUT2D eigenvalue weighted by Crippen LogP contribution is -2.39. The van der Waals surface area contributed by atoms with Gasteiger partial charge in [-0.2, -0.15) is 0 Å². The number of carbonyl (C=O) groups excluding carboxylic acids is 1. The Morgan fingerprint density at radius 3 is 2.62 bits per heavy atom. The first-order valence-electron chi connectivity index (χ1n) is 7.59. The number of methoxy groups -OCH3 is 1. The molecule has 136 valence electrons. The van der Waals surface area contributed by atoms with Crippen molar-refractivity contribution in [1.29, 1.82) is 0 Å². The van der Waals surface area contributed by atoms with Crippen molar-refractivity contribution in [3.8, 4) is 5.75 Å². The Kier molecular flexibility index (Phi) is 13.0. The van der Waals surface area contributed by atoms with Crippen LogP contribution < -0.4 is 20.7 Å². The van der Waals surface area contributed by atoms with Gasteiger partial charge in [-0.1, -0.05) is 6.07 Å². The summed E-state index contributed by atoms with van der Waals surface area (Å²) in [6.07, 6.45) is 0.920. The highest BCUT2D eigenvalue weighted by Gasteiger charge is 2.00. The quantitative estimate of drug-likeness (QED) is 0.232. The number of hydrogen-bond donors (Lipinski definition) is 3. The highest BCUT2D eigenvalue weighted by molar-refractivity contribution is 14.0. The van der Waals surface area contributed by atoms with Crippen molar-refractivity contribution in [2.24, 2.45) is 4.99 Å². The first-order valence-corrected chi connectivity index (χ1v) is 7.59. The predicted molar refractivity (Wildman–Crippen MR) is 108 cm³/mol. The molecule has 0 fully saturated rings. The summed E-state index contributed by atoms with van der Waals surface area (Å²) in [4.78, 5) is 15.2. The Morgan fingerprint density at radius 1 is 1.21 bits per heavy atom. The van der Waals surface area contributed by atoms with Gasteiger partial charge in [-0.05, 0) is 18.6 Å². The molecule has 0 aliphatic heterocycles. The minimum absolute atomic E-state index is 0. The van der Waals surface area contributed by atoms with Gasteiger partial charge in [-0.25, -0.2) is 0 Å².